The summed E-state index contributed by atoms with van der Waals surface area (Å²) in [5.41, 5.74) is 0.0780. The molecule has 4 nitrogen and oxygen atoms in total. The standard InChI is InChI=1S/C10H14N4S2/c1-10(2,3)8-11-5-6(16-8)7-12-13-9(15)14(7)4/h5H,1-4H3,(H,13,15). The minimum absolute atomic E-state index is 0.0780. The SMILES string of the molecule is Cn1c(-c2cnc(C(C)(C)C)s2)n[nH]c1=S. The molecule has 1 N–H and O–H groups in total. The number of rotatable bonds is 1. The fraction of sp³-hybridized carbons (Fsp3) is 0.500. The van der Waals surface area contributed by atoms with Crippen molar-refractivity contribution in [3.8, 4) is 10.7 Å². The molecular weight excluding hydrogens is 240 g/mol. The highest BCUT2D eigenvalue weighted by molar-refractivity contribution is 7.71. The predicted octanol–water partition coefficient (Wildman–Crippen LogP) is 2.90. The number of nitrogens with zero attached hydrogens (tertiary/aromatic N) is 3. The van der Waals surface area contributed by atoms with E-state index in [0.717, 1.165) is 15.7 Å². The van der Waals surface area contributed by atoms with Gasteiger partial charge in [-0.1, -0.05) is 20.8 Å². The van der Waals surface area contributed by atoms with E-state index in [2.05, 4.69) is 36.0 Å². The molecule has 16 heavy (non-hydrogen) atoms. The number of nitrogens with one attached hydrogen (secondary N) is 1. The Hall–Kier alpha value is -1.01. The van der Waals surface area contributed by atoms with E-state index in [1.807, 2.05) is 17.8 Å². The lowest BCUT2D eigenvalue weighted by Gasteiger charge is -2.13. The van der Waals surface area contributed by atoms with Gasteiger partial charge in [0.25, 0.3) is 0 Å². The Morgan fingerprint density at radius 1 is 1.44 bits per heavy atom. The zero-order valence-corrected chi connectivity index (χ0v) is 11.4. The van der Waals surface area contributed by atoms with Gasteiger partial charge in [-0.2, -0.15) is 5.10 Å². The minimum Gasteiger partial charge on any atom is -0.303 e. The molecule has 2 heterocycles. The second-order valence-electron chi connectivity index (χ2n) is 4.69. The van der Waals surface area contributed by atoms with Crippen LogP contribution in [0.2, 0.25) is 0 Å². The molecule has 0 atom stereocenters. The van der Waals surface area contributed by atoms with Crippen molar-refractivity contribution >= 4 is 23.6 Å². The lowest BCUT2D eigenvalue weighted by molar-refractivity contribution is 0.585. The third-order valence-electron chi connectivity index (χ3n) is 2.25. The lowest BCUT2D eigenvalue weighted by Crippen LogP contribution is -2.09. The van der Waals surface area contributed by atoms with E-state index >= 15 is 0 Å². The van der Waals surface area contributed by atoms with Crippen molar-refractivity contribution in [2.45, 2.75) is 26.2 Å². The van der Waals surface area contributed by atoms with Crippen molar-refractivity contribution in [1.29, 1.82) is 0 Å². The molecule has 2 aromatic heterocycles. The zero-order valence-electron chi connectivity index (χ0n) is 9.74. The monoisotopic (exact) mass is 254 g/mol. The average molecular weight is 254 g/mol. The second kappa shape index (κ2) is 3.78. The highest BCUT2D eigenvalue weighted by atomic mass is 32.1. The maximum atomic E-state index is 5.08. The summed E-state index contributed by atoms with van der Waals surface area (Å²) in [7, 11) is 1.90. The third kappa shape index (κ3) is 1.94. The Labute approximate surface area is 103 Å². The van der Waals surface area contributed by atoms with Gasteiger partial charge in [-0.15, -0.1) is 11.3 Å². The Morgan fingerprint density at radius 3 is 2.56 bits per heavy atom. The Morgan fingerprint density at radius 2 is 2.12 bits per heavy atom. The van der Waals surface area contributed by atoms with Crippen LogP contribution in [0.5, 0.6) is 0 Å². The van der Waals surface area contributed by atoms with Crippen LogP contribution in [0, 0.1) is 4.77 Å². The topological polar surface area (TPSA) is 46.5 Å². The van der Waals surface area contributed by atoms with Crippen LogP contribution in [-0.2, 0) is 12.5 Å². The van der Waals surface area contributed by atoms with E-state index in [9.17, 15) is 0 Å². The maximum Gasteiger partial charge on any atom is 0.195 e. The fourth-order valence-electron chi connectivity index (χ4n) is 1.29. The Balaban J connectivity index is 2.47. The Bertz CT molecular complexity index is 556. The van der Waals surface area contributed by atoms with E-state index in [0.29, 0.717) is 4.77 Å². The average Bonchev–Trinajstić information content (AvgIpc) is 2.74. The van der Waals surface area contributed by atoms with Crippen LogP contribution < -0.4 is 0 Å². The number of aromatic nitrogens is 4. The maximum absolute atomic E-state index is 5.08. The van der Waals surface area contributed by atoms with Crippen LogP contribution in [0.15, 0.2) is 6.20 Å². The van der Waals surface area contributed by atoms with Gasteiger partial charge in [-0.3, -0.25) is 5.10 Å². The first kappa shape index (κ1) is 11.5. The van der Waals surface area contributed by atoms with E-state index in [-0.39, 0.29) is 5.41 Å². The molecule has 0 fully saturated rings. The second-order valence-corrected chi connectivity index (χ2v) is 6.11. The molecule has 0 bridgehead atoms. The van der Waals surface area contributed by atoms with Crippen LogP contribution in [-0.4, -0.2) is 19.7 Å². The number of aromatic amines is 1. The van der Waals surface area contributed by atoms with Crippen molar-refractivity contribution in [1.82, 2.24) is 19.7 Å². The molecular formula is C10H14N4S2. The molecule has 0 radical (unpaired) electrons. The van der Waals surface area contributed by atoms with Crippen molar-refractivity contribution in [3.63, 3.8) is 0 Å². The summed E-state index contributed by atoms with van der Waals surface area (Å²) >= 11 is 6.74. The lowest BCUT2D eigenvalue weighted by atomic mass is 9.98. The van der Waals surface area contributed by atoms with Crippen LogP contribution in [0.25, 0.3) is 10.7 Å². The molecule has 0 aliphatic heterocycles. The molecule has 86 valence electrons. The summed E-state index contributed by atoms with van der Waals surface area (Å²) in [5, 5.41) is 8.08. The van der Waals surface area contributed by atoms with E-state index in [1.165, 1.54) is 0 Å². The quantitative estimate of drug-likeness (QED) is 0.796. The van der Waals surface area contributed by atoms with Crippen LogP contribution in [0.1, 0.15) is 25.8 Å². The van der Waals surface area contributed by atoms with Crippen LogP contribution in [0.4, 0.5) is 0 Å². The summed E-state index contributed by atoms with van der Waals surface area (Å²) in [4.78, 5) is 5.47. The molecule has 2 aromatic rings. The van der Waals surface area contributed by atoms with Gasteiger partial charge in [0.15, 0.2) is 10.6 Å². The first-order chi connectivity index (χ1) is 7.39. The van der Waals surface area contributed by atoms with Gasteiger partial charge in [-0.25, -0.2) is 4.98 Å². The largest absolute Gasteiger partial charge is 0.303 e. The zero-order chi connectivity index (χ0) is 11.9. The van der Waals surface area contributed by atoms with Crippen molar-refractivity contribution in [2.24, 2.45) is 7.05 Å². The van der Waals surface area contributed by atoms with E-state index < -0.39 is 0 Å². The van der Waals surface area contributed by atoms with Crippen LogP contribution in [0.3, 0.4) is 0 Å². The number of hydrogen-bond acceptors (Lipinski definition) is 4. The van der Waals surface area contributed by atoms with Crippen LogP contribution >= 0.6 is 23.6 Å². The highest BCUT2D eigenvalue weighted by Gasteiger charge is 2.19. The number of hydrogen-bond donors (Lipinski definition) is 1. The van der Waals surface area contributed by atoms with Gasteiger partial charge in [0.05, 0.1) is 9.88 Å². The fourth-order valence-corrected chi connectivity index (χ4v) is 2.42. The molecule has 0 saturated heterocycles. The summed E-state index contributed by atoms with van der Waals surface area (Å²) in [5.74, 6) is 0.845. The molecule has 2 rings (SSSR count). The molecule has 0 aromatic carbocycles. The number of thiazole rings is 1. The summed E-state index contributed by atoms with van der Waals surface area (Å²) in [6.45, 7) is 6.45. The first-order valence-electron chi connectivity index (χ1n) is 4.97. The van der Waals surface area contributed by atoms with E-state index in [1.54, 1.807) is 11.3 Å². The minimum atomic E-state index is 0.0780. The predicted molar refractivity (Wildman–Crippen MR) is 68.2 cm³/mol. The van der Waals surface area contributed by atoms with Crippen molar-refractivity contribution in [3.05, 3.63) is 16.0 Å². The highest BCUT2D eigenvalue weighted by Crippen LogP contribution is 2.31. The van der Waals surface area contributed by atoms with Gasteiger partial charge < -0.3 is 4.57 Å². The molecule has 0 aliphatic carbocycles. The Kier molecular flexibility index (Phi) is 2.71. The van der Waals surface area contributed by atoms with E-state index in [4.69, 9.17) is 12.2 Å². The summed E-state index contributed by atoms with van der Waals surface area (Å²) in [6.07, 6.45) is 1.86. The molecule has 0 saturated carbocycles. The molecule has 0 amide bonds. The first-order valence-corrected chi connectivity index (χ1v) is 6.20. The van der Waals surface area contributed by atoms with Gasteiger partial charge >= 0.3 is 0 Å². The molecule has 0 aliphatic rings. The van der Waals surface area contributed by atoms with Gasteiger partial charge in [0.1, 0.15) is 0 Å². The number of H-pyrrole nitrogens is 1. The molecule has 0 spiro atoms. The van der Waals surface area contributed by atoms with Gasteiger partial charge in [-0.05, 0) is 12.2 Å². The van der Waals surface area contributed by atoms with Crippen molar-refractivity contribution in [2.75, 3.05) is 0 Å². The van der Waals surface area contributed by atoms with Crippen molar-refractivity contribution < 1.29 is 0 Å². The summed E-state index contributed by atoms with van der Waals surface area (Å²) in [6, 6.07) is 0. The smallest absolute Gasteiger partial charge is 0.195 e. The molecule has 0 unspecified atom stereocenters. The normalized spacial score (nSPS) is 12.0. The molecule has 6 heteroatoms. The van der Waals surface area contributed by atoms with Gasteiger partial charge in [0, 0.05) is 18.7 Å². The summed E-state index contributed by atoms with van der Waals surface area (Å²) < 4.78 is 2.48. The van der Waals surface area contributed by atoms with Gasteiger partial charge in [0.2, 0.25) is 0 Å². The third-order valence-corrected chi connectivity index (χ3v) is 4.03.